The van der Waals surface area contributed by atoms with E-state index in [2.05, 4.69) is 30.0 Å². The lowest BCUT2D eigenvalue weighted by Gasteiger charge is -1.96. The van der Waals surface area contributed by atoms with Crippen LogP contribution in [-0.2, 0) is 0 Å². The summed E-state index contributed by atoms with van der Waals surface area (Å²) in [6, 6.07) is 11.9. The van der Waals surface area contributed by atoms with E-state index in [0.29, 0.717) is 11.5 Å². The molecule has 7 heteroatoms. The monoisotopic (exact) mass is 341 g/mol. The van der Waals surface area contributed by atoms with Crippen LogP contribution in [0, 0.1) is 13.8 Å². The van der Waals surface area contributed by atoms with Gasteiger partial charge in [0.15, 0.2) is 5.65 Å². The molecule has 7 nitrogen and oxygen atoms in total. The summed E-state index contributed by atoms with van der Waals surface area (Å²) in [5, 5.41) is 4.55. The van der Waals surface area contributed by atoms with Crippen LogP contribution in [0.4, 0.5) is 0 Å². The molecule has 0 atom stereocenters. The maximum absolute atomic E-state index is 4.61. The summed E-state index contributed by atoms with van der Waals surface area (Å²) in [4.78, 5) is 21.5. The second-order valence-corrected chi connectivity index (χ2v) is 6.21. The van der Waals surface area contributed by atoms with Crippen LogP contribution >= 0.6 is 0 Å². The van der Waals surface area contributed by atoms with Gasteiger partial charge in [-0.25, -0.2) is 14.5 Å². The van der Waals surface area contributed by atoms with Gasteiger partial charge in [0, 0.05) is 5.56 Å². The number of aryl methyl sites for hydroxylation is 2. The first-order valence-corrected chi connectivity index (χ1v) is 8.29. The van der Waals surface area contributed by atoms with Gasteiger partial charge in [-0.15, -0.1) is 5.10 Å². The van der Waals surface area contributed by atoms with Crippen molar-refractivity contribution < 1.29 is 0 Å². The van der Waals surface area contributed by atoms with Crippen molar-refractivity contribution in [1.29, 1.82) is 0 Å². The fraction of sp³-hybridized carbons (Fsp3) is 0.105. The predicted octanol–water partition coefficient (Wildman–Crippen LogP) is 3.35. The highest BCUT2D eigenvalue weighted by molar-refractivity contribution is 5.81. The highest BCUT2D eigenvalue weighted by Gasteiger charge is 2.13. The summed E-state index contributed by atoms with van der Waals surface area (Å²) in [5.41, 5.74) is 5.93. The molecule has 0 unspecified atom stereocenters. The number of fused-ring (bicyclic) bond motifs is 2. The first kappa shape index (κ1) is 14.7. The standard InChI is InChI=1S/C19H15N7/c1-11-10-26-19(12(2)21-11)24-18(25-26)15-8-14-16(9-20-15)23-17(22-14)13-6-4-3-5-7-13/h3-10H,1-2H3,(H,22,23). The zero-order valence-electron chi connectivity index (χ0n) is 14.3. The van der Waals surface area contributed by atoms with E-state index in [9.17, 15) is 0 Å². The number of benzene rings is 1. The Morgan fingerprint density at radius 2 is 1.85 bits per heavy atom. The van der Waals surface area contributed by atoms with Crippen molar-refractivity contribution in [3.63, 3.8) is 0 Å². The zero-order valence-corrected chi connectivity index (χ0v) is 14.3. The van der Waals surface area contributed by atoms with Gasteiger partial charge in [0.2, 0.25) is 5.82 Å². The maximum Gasteiger partial charge on any atom is 0.200 e. The zero-order chi connectivity index (χ0) is 17.7. The second-order valence-electron chi connectivity index (χ2n) is 6.21. The highest BCUT2D eigenvalue weighted by atomic mass is 15.3. The van der Waals surface area contributed by atoms with Crippen LogP contribution in [0.5, 0.6) is 0 Å². The van der Waals surface area contributed by atoms with Crippen LogP contribution in [0.3, 0.4) is 0 Å². The second kappa shape index (κ2) is 5.45. The molecule has 5 aromatic rings. The van der Waals surface area contributed by atoms with Crippen molar-refractivity contribution in [2.75, 3.05) is 0 Å². The molecular weight excluding hydrogens is 326 g/mol. The summed E-state index contributed by atoms with van der Waals surface area (Å²) in [5.74, 6) is 1.39. The summed E-state index contributed by atoms with van der Waals surface area (Å²) in [7, 11) is 0. The van der Waals surface area contributed by atoms with Crippen molar-refractivity contribution in [2.24, 2.45) is 0 Å². The Morgan fingerprint density at radius 3 is 2.69 bits per heavy atom. The third kappa shape index (κ3) is 2.33. The fourth-order valence-electron chi connectivity index (χ4n) is 3.06. The Hall–Kier alpha value is -3.61. The molecule has 0 bridgehead atoms. The van der Waals surface area contributed by atoms with E-state index in [1.54, 1.807) is 10.7 Å². The Kier molecular flexibility index (Phi) is 3.08. The van der Waals surface area contributed by atoms with E-state index >= 15 is 0 Å². The molecule has 4 aromatic heterocycles. The van der Waals surface area contributed by atoms with Gasteiger partial charge in [-0.1, -0.05) is 30.3 Å². The number of aromatic nitrogens is 7. The first-order valence-electron chi connectivity index (χ1n) is 8.29. The summed E-state index contributed by atoms with van der Waals surface area (Å²) in [6.07, 6.45) is 3.61. The Labute approximate surface area is 148 Å². The number of hydrogen-bond acceptors (Lipinski definition) is 5. The topological polar surface area (TPSA) is 84.7 Å². The van der Waals surface area contributed by atoms with Crippen LogP contribution in [0.15, 0.2) is 48.8 Å². The number of aromatic amines is 1. The predicted molar refractivity (Wildman–Crippen MR) is 98.6 cm³/mol. The molecule has 1 aromatic carbocycles. The molecule has 0 aliphatic carbocycles. The molecule has 0 aliphatic heterocycles. The molecule has 0 radical (unpaired) electrons. The average molecular weight is 341 g/mol. The van der Waals surface area contributed by atoms with Gasteiger partial charge in [0.1, 0.15) is 17.0 Å². The van der Waals surface area contributed by atoms with Crippen molar-refractivity contribution in [2.45, 2.75) is 13.8 Å². The molecular formula is C19H15N7. The number of rotatable bonds is 2. The van der Waals surface area contributed by atoms with Gasteiger partial charge in [-0.2, -0.15) is 0 Å². The van der Waals surface area contributed by atoms with Crippen molar-refractivity contribution in [3.8, 4) is 22.9 Å². The number of H-pyrrole nitrogens is 1. The minimum atomic E-state index is 0.568. The highest BCUT2D eigenvalue weighted by Crippen LogP contribution is 2.23. The number of pyridine rings is 1. The number of imidazole rings is 1. The minimum absolute atomic E-state index is 0.568. The lowest BCUT2D eigenvalue weighted by Crippen LogP contribution is -1.95. The van der Waals surface area contributed by atoms with Crippen LogP contribution in [-0.4, -0.2) is 34.5 Å². The van der Waals surface area contributed by atoms with Gasteiger partial charge in [0.25, 0.3) is 0 Å². The normalized spacial score (nSPS) is 11.5. The number of nitrogens with one attached hydrogen (secondary N) is 1. The molecule has 26 heavy (non-hydrogen) atoms. The molecule has 1 N–H and O–H groups in total. The third-order valence-electron chi connectivity index (χ3n) is 4.25. The van der Waals surface area contributed by atoms with E-state index in [1.807, 2.05) is 56.4 Å². The van der Waals surface area contributed by atoms with E-state index < -0.39 is 0 Å². The third-order valence-corrected chi connectivity index (χ3v) is 4.25. The smallest absolute Gasteiger partial charge is 0.200 e. The molecule has 0 fully saturated rings. The first-order chi connectivity index (χ1) is 12.7. The van der Waals surface area contributed by atoms with Gasteiger partial charge in [-0.05, 0) is 19.9 Å². The van der Waals surface area contributed by atoms with Gasteiger partial charge >= 0.3 is 0 Å². The maximum atomic E-state index is 4.61. The Morgan fingerprint density at radius 1 is 1.00 bits per heavy atom. The van der Waals surface area contributed by atoms with E-state index in [0.717, 1.165) is 39.5 Å². The summed E-state index contributed by atoms with van der Waals surface area (Å²) < 4.78 is 1.75. The van der Waals surface area contributed by atoms with E-state index in [-0.39, 0.29) is 0 Å². The van der Waals surface area contributed by atoms with Gasteiger partial charge < -0.3 is 4.98 Å². The molecule has 0 amide bonds. The van der Waals surface area contributed by atoms with E-state index in [1.165, 1.54) is 0 Å². The van der Waals surface area contributed by atoms with Crippen LogP contribution < -0.4 is 0 Å². The molecule has 0 saturated carbocycles. The Bertz CT molecular complexity index is 1250. The molecule has 126 valence electrons. The van der Waals surface area contributed by atoms with Gasteiger partial charge in [-0.3, -0.25) is 9.97 Å². The fourth-order valence-corrected chi connectivity index (χ4v) is 3.06. The molecule has 4 heterocycles. The number of nitrogens with zero attached hydrogens (tertiary/aromatic N) is 6. The lowest BCUT2D eigenvalue weighted by atomic mass is 10.2. The minimum Gasteiger partial charge on any atom is -0.338 e. The van der Waals surface area contributed by atoms with Crippen molar-refractivity contribution in [1.82, 2.24) is 34.5 Å². The quantitative estimate of drug-likeness (QED) is 0.532. The molecule has 5 rings (SSSR count). The summed E-state index contributed by atoms with van der Waals surface area (Å²) >= 11 is 0. The molecule has 0 saturated heterocycles. The van der Waals surface area contributed by atoms with Crippen molar-refractivity contribution >= 4 is 16.7 Å². The van der Waals surface area contributed by atoms with Crippen LogP contribution in [0.1, 0.15) is 11.4 Å². The largest absolute Gasteiger partial charge is 0.338 e. The molecule has 0 aliphatic rings. The van der Waals surface area contributed by atoms with Gasteiger partial charge in [0.05, 0.1) is 29.3 Å². The van der Waals surface area contributed by atoms with Crippen LogP contribution in [0.2, 0.25) is 0 Å². The van der Waals surface area contributed by atoms with E-state index in [4.69, 9.17) is 0 Å². The van der Waals surface area contributed by atoms with Crippen LogP contribution in [0.25, 0.3) is 39.6 Å². The summed E-state index contributed by atoms with van der Waals surface area (Å²) in [6.45, 7) is 3.87. The molecule has 0 spiro atoms. The average Bonchev–Trinajstić information content (AvgIpc) is 3.25. The number of hydrogen-bond donors (Lipinski definition) is 1. The SMILES string of the molecule is Cc1cn2nc(-c3cc4[nH]c(-c5ccccc5)nc4cn3)nc2c(C)n1. The lowest BCUT2D eigenvalue weighted by molar-refractivity contribution is 0.915. The van der Waals surface area contributed by atoms with Crippen molar-refractivity contribution in [3.05, 3.63) is 60.2 Å². The Balaban J connectivity index is 1.62.